The van der Waals surface area contributed by atoms with Crippen LogP contribution in [0.1, 0.15) is 32.4 Å². The van der Waals surface area contributed by atoms with Gasteiger partial charge in [0.1, 0.15) is 0 Å². The zero-order valence-corrected chi connectivity index (χ0v) is 20.4. The van der Waals surface area contributed by atoms with E-state index in [1.165, 1.54) is 0 Å². The van der Waals surface area contributed by atoms with Crippen molar-refractivity contribution in [2.45, 2.75) is 32.4 Å². The molecule has 1 atom stereocenters. The molecular formula is C20H34ClIN4O2. The maximum Gasteiger partial charge on any atom is 0.191 e. The summed E-state index contributed by atoms with van der Waals surface area (Å²) in [6.07, 6.45) is 0. The highest BCUT2D eigenvalue weighted by atomic mass is 127. The first-order chi connectivity index (χ1) is 13.0. The smallest absolute Gasteiger partial charge is 0.191 e. The Labute approximate surface area is 191 Å². The van der Waals surface area contributed by atoms with E-state index in [1.54, 1.807) is 7.11 Å². The van der Waals surface area contributed by atoms with Crippen LogP contribution in [0.5, 0.6) is 0 Å². The Balaban J connectivity index is 0.00000392. The summed E-state index contributed by atoms with van der Waals surface area (Å²) in [5, 5.41) is 7.58. The second-order valence-corrected chi connectivity index (χ2v) is 7.63. The number of ether oxygens (including phenoxy) is 2. The molecule has 0 aliphatic carbocycles. The van der Waals surface area contributed by atoms with E-state index in [0.29, 0.717) is 13.1 Å². The highest BCUT2D eigenvalue weighted by Crippen LogP contribution is 2.27. The SMILES string of the molecule is CCNC(=NCC(C)(C)OC)NCC(c1ccccc1Cl)N1CCOCC1.I. The van der Waals surface area contributed by atoms with Crippen molar-refractivity contribution in [3.8, 4) is 0 Å². The molecule has 1 aromatic carbocycles. The lowest BCUT2D eigenvalue weighted by molar-refractivity contribution is 0.0169. The van der Waals surface area contributed by atoms with Crippen LogP contribution in [0.15, 0.2) is 29.3 Å². The molecule has 0 radical (unpaired) electrons. The number of halogens is 2. The van der Waals surface area contributed by atoms with E-state index in [1.807, 2.05) is 32.0 Å². The van der Waals surface area contributed by atoms with Crippen molar-refractivity contribution in [3.05, 3.63) is 34.9 Å². The van der Waals surface area contributed by atoms with E-state index in [9.17, 15) is 0 Å². The van der Waals surface area contributed by atoms with Crippen LogP contribution in [0.25, 0.3) is 0 Å². The molecule has 1 aliphatic rings. The van der Waals surface area contributed by atoms with Crippen LogP contribution in [0.4, 0.5) is 0 Å². The van der Waals surface area contributed by atoms with E-state index >= 15 is 0 Å². The van der Waals surface area contributed by atoms with Crippen LogP contribution in [0.2, 0.25) is 5.02 Å². The van der Waals surface area contributed by atoms with Gasteiger partial charge in [0.25, 0.3) is 0 Å². The van der Waals surface area contributed by atoms with Gasteiger partial charge in [0.05, 0.1) is 31.4 Å². The van der Waals surface area contributed by atoms with Crippen LogP contribution in [0, 0.1) is 0 Å². The Morgan fingerprint density at radius 2 is 1.96 bits per heavy atom. The molecule has 0 amide bonds. The first-order valence-corrected chi connectivity index (χ1v) is 9.98. The van der Waals surface area contributed by atoms with E-state index in [0.717, 1.165) is 49.4 Å². The molecule has 8 heteroatoms. The molecule has 1 aliphatic heterocycles. The van der Waals surface area contributed by atoms with E-state index in [2.05, 4.69) is 33.5 Å². The predicted molar refractivity (Wildman–Crippen MR) is 127 cm³/mol. The average Bonchev–Trinajstić information content (AvgIpc) is 2.68. The first kappa shape index (κ1) is 25.4. The molecule has 1 fully saturated rings. The maximum absolute atomic E-state index is 6.51. The van der Waals surface area contributed by atoms with Crippen LogP contribution in [-0.2, 0) is 9.47 Å². The van der Waals surface area contributed by atoms with Crippen molar-refractivity contribution in [1.82, 2.24) is 15.5 Å². The summed E-state index contributed by atoms with van der Waals surface area (Å²) in [4.78, 5) is 7.10. The van der Waals surface area contributed by atoms with Gasteiger partial charge < -0.3 is 20.1 Å². The van der Waals surface area contributed by atoms with Gasteiger partial charge in [-0.2, -0.15) is 0 Å². The number of hydrogen-bond donors (Lipinski definition) is 2. The van der Waals surface area contributed by atoms with Gasteiger partial charge in [0.2, 0.25) is 0 Å². The van der Waals surface area contributed by atoms with Gasteiger partial charge in [0, 0.05) is 38.3 Å². The minimum atomic E-state index is -0.297. The summed E-state index contributed by atoms with van der Waals surface area (Å²) in [5.41, 5.74) is 0.830. The number of methoxy groups -OCH3 is 1. The molecule has 0 bridgehead atoms. The fourth-order valence-electron chi connectivity index (χ4n) is 2.94. The minimum absolute atomic E-state index is 0. The average molecular weight is 525 g/mol. The molecule has 1 heterocycles. The number of rotatable bonds is 8. The highest BCUT2D eigenvalue weighted by molar-refractivity contribution is 14.0. The topological polar surface area (TPSA) is 58.1 Å². The van der Waals surface area contributed by atoms with Crippen molar-refractivity contribution in [2.24, 2.45) is 4.99 Å². The van der Waals surface area contributed by atoms with Gasteiger partial charge in [-0.15, -0.1) is 24.0 Å². The molecule has 160 valence electrons. The number of aliphatic imine (C=N–C) groups is 1. The molecule has 2 rings (SSSR count). The standard InChI is InChI=1S/C20H33ClN4O2.HI/c1-5-22-19(24-15-20(2,3)26-4)23-14-18(25-10-12-27-13-11-25)16-8-6-7-9-17(16)21;/h6-9,18H,5,10-15H2,1-4H3,(H2,22,23,24);1H. The quantitative estimate of drug-likeness (QED) is 0.310. The summed E-state index contributed by atoms with van der Waals surface area (Å²) in [6.45, 7) is 11.5. The lowest BCUT2D eigenvalue weighted by Crippen LogP contribution is -2.46. The third-order valence-corrected chi connectivity index (χ3v) is 5.07. The van der Waals surface area contributed by atoms with Crippen molar-refractivity contribution in [2.75, 3.05) is 53.0 Å². The number of benzene rings is 1. The zero-order valence-electron chi connectivity index (χ0n) is 17.3. The molecule has 1 aromatic rings. The van der Waals surface area contributed by atoms with Crippen molar-refractivity contribution in [3.63, 3.8) is 0 Å². The van der Waals surface area contributed by atoms with Crippen molar-refractivity contribution >= 4 is 41.5 Å². The second kappa shape index (κ2) is 12.8. The fraction of sp³-hybridized carbons (Fsp3) is 0.650. The number of nitrogens with zero attached hydrogens (tertiary/aromatic N) is 2. The van der Waals surface area contributed by atoms with Crippen LogP contribution >= 0.6 is 35.6 Å². The lowest BCUT2D eigenvalue weighted by atomic mass is 10.0. The largest absolute Gasteiger partial charge is 0.379 e. The van der Waals surface area contributed by atoms with Gasteiger partial charge in [0.15, 0.2) is 5.96 Å². The molecule has 0 aromatic heterocycles. The summed E-state index contributed by atoms with van der Waals surface area (Å²) < 4.78 is 11.0. The molecule has 2 N–H and O–H groups in total. The summed E-state index contributed by atoms with van der Waals surface area (Å²) in [7, 11) is 1.71. The van der Waals surface area contributed by atoms with E-state index in [4.69, 9.17) is 21.1 Å². The van der Waals surface area contributed by atoms with Gasteiger partial charge in [-0.3, -0.25) is 9.89 Å². The highest BCUT2D eigenvalue weighted by Gasteiger charge is 2.24. The van der Waals surface area contributed by atoms with Crippen LogP contribution in [0.3, 0.4) is 0 Å². The molecule has 0 saturated carbocycles. The monoisotopic (exact) mass is 524 g/mol. The number of morpholine rings is 1. The zero-order chi connectivity index (χ0) is 19.7. The molecule has 0 spiro atoms. The fourth-order valence-corrected chi connectivity index (χ4v) is 3.20. The van der Waals surface area contributed by atoms with Crippen LogP contribution in [-0.4, -0.2) is 69.5 Å². The molecule has 1 saturated heterocycles. The Kier molecular flexibility index (Phi) is 11.7. The van der Waals surface area contributed by atoms with Crippen molar-refractivity contribution in [1.29, 1.82) is 0 Å². The van der Waals surface area contributed by atoms with Gasteiger partial charge >= 0.3 is 0 Å². The third kappa shape index (κ3) is 8.02. The molecule has 6 nitrogen and oxygen atoms in total. The first-order valence-electron chi connectivity index (χ1n) is 9.60. The molecule has 1 unspecified atom stereocenters. The van der Waals surface area contributed by atoms with E-state index < -0.39 is 0 Å². The predicted octanol–water partition coefficient (Wildman–Crippen LogP) is 3.31. The molecular weight excluding hydrogens is 491 g/mol. The number of nitrogens with one attached hydrogen (secondary N) is 2. The Morgan fingerprint density at radius 3 is 2.57 bits per heavy atom. The lowest BCUT2D eigenvalue weighted by Gasteiger charge is -2.35. The number of hydrogen-bond acceptors (Lipinski definition) is 4. The number of guanidine groups is 1. The Hall–Kier alpha value is -0.610. The summed E-state index contributed by atoms with van der Waals surface area (Å²) in [5.74, 6) is 0.785. The van der Waals surface area contributed by atoms with Crippen LogP contribution < -0.4 is 10.6 Å². The van der Waals surface area contributed by atoms with Gasteiger partial charge in [-0.1, -0.05) is 29.8 Å². The Morgan fingerprint density at radius 1 is 1.29 bits per heavy atom. The van der Waals surface area contributed by atoms with Gasteiger partial charge in [-0.05, 0) is 32.4 Å². The summed E-state index contributed by atoms with van der Waals surface area (Å²) in [6, 6.07) is 8.21. The van der Waals surface area contributed by atoms with Gasteiger partial charge in [-0.25, -0.2) is 0 Å². The molecule has 28 heavy (non-hydrogen) atoms. The van der Waals surface area contributed by atoms with E-state index in [-0.39, 0.29) is 35.6 Å². The third-order valence-electron chi connectivity index (χ3n) is 4.73. The normalized spacial score (nSPS) is 17.0. The minimum Gasteiger partial charge on any atom is -0.379 e. The summed E-state index contributed by atoms with van der Waals surface area (Å²) >= 11 is 6.51. The Bertz CT molecular complexity index is 610. The van der Waals surface area contributed by atoms with Crippen molar-refractivity contribution < 1.29 is 9.47 Å². The maximum atomic E-state index is 6.51. The second-order valence-electron chi connectivity index (χ2n) is 7.23.